The molecule has 0 radical (unpaired) electrons. The topological polar surface area (TPSA) is 65.3 Å². The first kappa shape index (κ1) is 12.8. The number of hydrogen-bond donors (Lipinski definition) is 0. The Bertz CT molecular complexity index is 607. The van der Waals surface area contributed by atoms with Crippen LogP contribution >= 0.6 is 27.5 Å². The molecular weight excluding hydrogens is 323 g/mol. The molecule has 0 aliphatic rings. The van der Waals surface area contributed by atoms with Gasteiger partial charge in [-0.15, -0.1) is 0 Å². The highest BCUT2D eigenvalue weighted by Crippen LogP contribution is 2.35. The molecule has 0 N–H and O–H groups in total. The van der Waals surface area contributed by atoms with E-state index in [1.165, 1.54) is 24.4 Å². The van der Waals surface area contributed by atoms with Gasteiger partial charge < -0.3 is 4.74 Å². The maximum Gasteiger partial charge on any atom is 0.311 e. The summed E-state index contributed by atoms with van der Waals surface area (Å²) in [6, 6.07) is 7.53. The molecule has 0 atom stereocenters. The molecule has 0 spiro atoms. The van der Waals surface area contributed by atoms with Gasteiger partial charge in [0.05, 0.1) is 9.40 Å². The molecule has 1 aromatic carbocycles. The molecule has 0 saturated carbocycles. The van der Waals surface area contributed by atoms with E-state index >= 15 is 0 Å². The van der Waals surface area contributed by atoms with Crippen molar-refractivity contribution in [3.8, 4) is 11.6 Å². The molecule has 0 bridgehead atoms. The van der Waals surface area contributed by atoms with Gasteiger partial charge in [0.15, 0.2) is 0 Å². The van der Waals surface area contributed by atoms with Gasteiger partial charge in [0.25, 0.3) is 0 Å². The second-order valence-corrected chi connectivity index (χ2v) is 4.55. The summed E-state index contributed by atoms with van der Waals surface area (Å²) in [6.07, 6.45) is 1.52. The summed E-state index contributed by atoms with van der Waals surface area (Å²) >= 11 is 9.04. The van der Waals surface area contributed by atoms with Crippen molar-refractivity contribution in [2.24, 2.45) is 0 Å². The molecule has 2 aromatic rings. The van der Waals surface area contributed by atoms with Crippen molar-refractivity contribution < 1.29 is 9.66 Å². The van der Waals surface area contributed by atoms with Gasteiger partial charge >= 0.3 is 5.69 Å². The first-order valence-corrected chi connectivity index (χ1v) is 5.97. The van der Waals surface area contributed by atoms with Gasteiger partial charge in [0.2, 0.25) is 11.6 Å². The summed E-state index contributed by atoms with van der Waals surface area (Å²) in [4.78, 5) is 14.3. The molecule has 2 rings (SSSR count). The third kappa shape index (κ3) is 2.77. The standard InChI is InChI=1S/C11H6BrClN2O3/c12-8-2-1-5-14-11(8)18-10-6-7(13)3-4-9(10)15(16)17/h1-6H. The molecule has 0 aliphatic heterocycles. The Hall–Kier alpha value is -1.66. The zero-order chi connectivity index (χ0) is 13.1. The van der Waals surface area contributed by atoms with Crippen LogP contribution in [0.25, 0.3) is 0 Å². The normalized spacial score (nSPS) is 10.1. The van der Waals surface area contributed by atoms with Crippen LogP contribution in [0, 0.1) is 10.1 Å². The Kier molecular flexibility index (Phi) is 3.78. The number of nitro benzene ring substituents is 1. The Morgan fingerprint density at radius 2 is 2.17 bits per heavy atom. The maximum absolute atomic E-state index is 10.9. The zero-order valence-electron chi connectivity index (χ0n) is 8.84. The van der Waals surface area contributed by atoms with Crippen LogP contribution in [0.4, 0.5) is 5.69 Å². The predicted molar refractivity (Wildman–Crippen MR) is 70.1 cm³/mol. The highest BCUT2D eigenvalue weighted by atomic mass is 79.9. The van der Waals surface area contributed by atoms with E-state index in [2.05, 4.69) is 20.9 Å². The molecule has 0 fully saturated rings. The smallest absolute Gasteiger partial charge is 0.311 e. The molecule has 0 unspecified atom stereocenters. The molecule has 18 heavy (non-hydrogen) atoms. The highest BCUT2D eigenvalue weighted by Gasteiger charge is 2.17. The Labute approximate surface area is 116 Å². The predicted octanol–water partition coefficient (Wildman–Crippen LogP) is 4.20. The third-order valence-electron chi connectivity index (χ3n) is 2.05. The minimum atomic E-state index is -0.539. The van der Waals surface area contributed by atoms with Crippen LogP contribution in [0.1, 0.15) is 0 Å². The van der Waals surface area contributed by atoms with Gasteiger partial charge in [-0.3, -0.25) is 10.1 Å². The van der Waals surface area contributed by atoms with Gasteiger partial charge in [-0.2, -0.15) is 0 Å². The number of pyridine rings is 1. The van der Waals surface area contributed by atoms with E-state index in [1.54, 1.807) is 12.1 Å². The number of benzene rings is 1. The van der Waals surface area contributed by atoms with Gasteiger partial charge in [0.1, 0.15) is 0 Å². The van der Waals surface area contributed by atoms with E-state index in [4.69, 9.17) is 16.3 Å². The van der Waals surface area contributed by atoms with Crippen LogP contribution in [0.2, 0.25) is 5.02 Å². The molecular formula is C11H6BrClN2O3. The van der Waals surface area contributed by atoms with Gasteiger partial charge in [-0.25, -0.2) is 4.98 Å². The largest absolute Gasteiger partial charge is 0.431 e. The average Bonchev–Trinajstić information content (AvgIpc) is 2.32. The molecule has 5 nitrogen and oxygen atoms in total. The summed E-state index contributed by atoms with van der Waals surface area (Å²) in [5, 5.41) is 11.2. The molecule has 0 saturated heterocycles. The third-order valence-corrected chi connectivity index (χ3v) is 2.89. The number of halogens is 2. The van der Waals surface area contributed by atoms with Crippen LogP contribution in [-0.4, -0.2) is 9.91 Å². The van der Waals surface area contributed by atoms with E-state index in [1.807, 2.05) is 0 Å². The number of nitrogens with zero attached hydrogens (tertiary/aromatic N) is 2. The van der Waals surface area contributed by atoms with Crippen molar-refractivity contribution in [1.29, 1.82) is 0 Å². The van der Waals surface area contributed by atoms with Crippen LogP contribution in [0.15, 0.2) is 41.0 Å². The lowest BCUT2D eigenvalue weighted by atomic mass is 10.3. The van der Waals surface area contributed by atoms with Crippen molar-refractivity contribution in [2.45, 2.75) is 0 Å². The van der Waals surface area contributed by atoms with Crippen LogP contribution in [0.3, 0.4) is 0 Å². The monoisotopic (exact) mass is 328 g/mol. The van der Waals surface area contributed by atoms with E-state index in [0.29, 0.717) is 9.50 Å². The zero-order valence-corrected chi connectivity index (χ0v) is 11.2. The first-order valence-electron chi connectivity index (χ1n) is 4.80. The maximum atomic E-state index is 10.9. The summed E-state index contributed by atoms with van der Waals surface area (Å²) in [5.74, 6) is 0.287. The minimum Gasteiger partial charge on any atom is -0.431 e. The number of ether oxygens (including phenoxy) is 1. The molecule has 92 valence electrons. The lowest BCUT2D eigenvalue weighted by Gasteiger charge is -2.06. The van der Waals surface area contributed by atoms with Crippen molar-refractivity contribution in [3.63, 3.8) is 0 Å². The van der Waals surface area contributed by atoms with Gasteiger partial charge in [-0.05, 0) is 34.1 Å². The lowest BCUT2D eigenvalue weighted by molar-refractivity contribution is -0.385. The van der Waals surface area contributed by atoms with E-state index in [0.717, 1.165) is 0 Å². The fraction of sp³-hybridized carbons (Fsp3) is 0. The SMILES string of the molecule is O=[N+]([O-])c1ccc(Cl)cc1Oc1ncccc1Br. The van der Waals surface area contributed by atoms with Crippen molar-refractivity contribution in [3.05, 3.63) is 56.1 Å². The number of aromatic nitrogens is 1. The molecule has 1 heterocycles. The van der Waals surface area contributed by atoms with Crippen molar-refractivity contribution >= 4 is 33.2 Å². The van der Waals surface area contributed by atoms with Crippen molar-refractivity contribution in [2.75, 3.05) is 0 Å². The van der Waals surface area contributed by atoms with Gasteiger partial charge in [0, 0.05) is 23.4 Å². The van der Waals surface area contributed by atoms with Crippen LogP contribution in [0.5, 0.6) is 11.6 Å². The summed E-state index contributed by atoms with van der Waals surface area (Å²) in [6.45, 7) is 0. The second-order valence-electron chi connectivity index (χ2n) is 3.26. The lowest BCUT2D eigenvalue weighted by Crippen LogP contribution is -1.95. The molecule has 1 aromatic heterocycles. The van der Waals surface area contributed by atoms with Crippen molar-refractivity contribution in [1.82, 2.24) is 4.98 Å². The average molecular weight is 330 g/mol. The second kappa shape index (κ2) is 5.32. The van der Waals surface area contributed by atoms with E-state index < -0.39 is 4.92 Å². The Morgan fingerprint density at radius 1 is 1.39 bits per heavy atom. The fourth-order valence-electron chi connectivity index (χ4n) is 1.27. The van der Waals surface area contributed by atoms with Gasteiger partial charge in [-0.1, -0.05) is 11.6 Å². The Balaban J connectivity index is 2.42. The highest BCUT2D eigenvalue weighted by molar-refractivity contribution is 9.10. The molecule has 7 heteroatoms. The minimum absolute atomic E-state index is 0.0481. The number of hydrogen-bond acceptors (Lipinski definition) is 4. The summed E-state index contributed by atoms with van der Waals surface area (Å²) < 4.78 is 5.99. The van der Waals surface area contributed by atoms with E-state index in [9.17, 15) is 10.1 Å². The van der Waals surface area contributed by atoms with Crippen LogP contribution < -0.4 is 4.74 Å². The Morgan fingerprint density at radius 3 is 2.83 bits per heavy atom. The molecule has 0 amide bonds. The number of rotatable bonds is 3. The first-order chi connectivity index (χ1) is 8.58. The number of nitro groups is 1. The summed E-state index contributed by atoms with van der Waals surface area (Å²) in [7, 11) is 0. The quantitative estimate of drug-likeness (QED) is 0.625. The summed E-state index contributed by atoms with van der Waals surface area (Å²) in [5.41, 5.74) is -0.169. The molecule has 0 aliphatic carbocycles. The van der Waals surface area contributed by atoms with Crippen LogP contribution in [-0.2, 0) is 0 Å². The van der Waals surface area contributed by atoms with E-state index in [-0.39, 0.29) is 17.3 Å². The fourth-order valence-corrected chi connectivity index (χ4v) is 1.77.